The van der Waals surface area contributed by atoms with Crippen LogP contribution in [0.1, 0.15) is 25.6 Å². The van der Waals surface area contributed by atoms with Gasteiger partial charge in [-0.2, -0.15) is 0 Å². The summed E-state index contributed by atoms with van der Waals surface area (Å²) in [6.45, 7) is 5.93. The molecule has 0 fully saturated rings. The Bertz CT molecular complexity index is 440. The summed E-state index contributed by atoms with van der Waals surface area (Å²) in [6.07, 6.45) is -0.568. The van der Waals surface area contributed by atoms with E-state index in [0.29, 0.717) is 6.54 Å². The van der Waals surface area contributed by atoms with Gasteiger partial charge < -0.3 is 15.8 Å². The molecule has 4 N–H and O–H groups in total. The molecule has 1 aromatic rings. The Balaban J connectivity index is 2.39. The molecule has 0 aliphatic carbocycles. The Kier molecular flexibility index (Phi) is 5.97. The molecule has 0 aliphatic rings. The van der Waals surface area contributed by atoms with E-state index in [4.69, 9.17) is 10.5 Å². The Morgan fingerprint density at radius 2 is 2.15 bits per heavy atom. The standard InChI is InChI=1S/C13H21N3O3S/c1-13(2,3)19-12(18)16-8-10(11(14)17)15-7-9-5-4-6-20-9/h4-6,10,15H,7-8H2,1-3H3,(H2,14,17)(H,16,18). The Hall–Kier alpha value is -1.60. The fourth-order valence-electron chi connectivity index (χ4n) is 1.41. The van der Waals surface area contributed by atoms with E-state index in [9.17, 15) is 9.59 Å². The maximum atomic E-state index is 11.5. The zero-order valence-electron chi connectivity index (χ0n) is 11.9. The van der Waals surface area contributed by atoms with E-state index in [1.165, 1.54) is 0 Å². The summed E-state index contributed by atoms with van der Waals surface area (Å²) in [4.78, 5) is 23.9. The molecule has 6 nitrogen and oxygen atoms in total. The van der Waals surface area contributed by atoms with Crippen molar-refractivity contribution < 1.29 is 14.3 Å². The van der Waals surface area contributed by atoms with Gasteiger partial charge in [0, 0.05) is 18.0 Å². The van der Waals surface area contributed by atoms with Crippen LogP contribution in [-0.2, 0) is 16.1 Å². The number of hydrogen-bond donors (Lipinski definition) is 3. The smallest absolute Gasteiger partial charge is 0.407 e. The number of hydrogen-bond acceptors (Lipinski definition) is 5. The molecule has 0 aromatic carbocycles. The number of primary amides is 1. The molecule has 1 atom stereocenters. The molecule has 1 rings (SSSR count). The fourth-order valence-corrected chi connectivity index (χ4v) is 2.07. The molecule has 20 heavy (non-hydrogen) atoms. The zero-order valence-corrected chi connectivity index (χ0v) is 12.8. The van der Waals surface area contributed by atoms with Gasteiger partial charge in [-0.25, -0.2) is 4.79 Å². The lowest BCUT2D eigenvalue weighted by Gasteiger charge is -2.21. The number of amides is 2. The first-order chi connectivity index (χ1) is 9.28. The van der Waals surface area contributed by atoms with Crippen molar-refractivity contribution >= 4 is 23.3 Å². The number of rotatable bonds is 6. The van der Waals surface area contributed by atoms with Crippen molar-refractivity contribution in [3.63, 3.8) is 0 Å². The lowest BCUT2D eigenvalue weighted by atomic mass is 10.2. The highest BCUT2D eigenvalue weighted by Crippen LogP contribution is 2.08. The van der Waals surface area contributed by atoms with Crippen molar-refractivity contribution in [1.29, 1.82) is 0 Å². The van der Waals surface area contributed by atoms with Gasteiger partial charge in [-0.15, -0.1) is 11.3 Å². The average molecular weight is 299 g/mol. The van der Waals surface area contributed by atoms with Crippen molar-refractivity contribution in [1.82, 2.24) is 10.6 Å². The first-order valence-electron chi connectivity index (χ1n) is 6.30. The molecule has 0 aliphatic heterocycles. The van der Waals surface area contributed by atoms with Crippen molar-refractivity contribution in [2.45, 2.75) is 39.0 Å². The topological polar surface area (TPSA) is 93.4 Å². The summed E-state index contributed by atoms with van der Waals surface area (Å²) >= 11 is 1.58. The van der Waals surface area contributed by atoms with Gasteiger partial charge in [0.2, 0.25) is 5.91 Å². The van der Waals surface area contributed by atoms with Gasteiger partial charge in [-0.1, -0.05) is 6.07 Å². The second-order valence-corrected chi connectivity index (χ2v) is 6.33. The molecule has 2 amide bonds. The molecule has 112 valence electrons. The Morgan fingerprint density at radius 1 is 1.45 bits per heavy atom. The molecule has 0 bridgehead atoms. The van der Waals surface area contributed by atoms with Gasteiger partial charge in [-0.3, -0.25) is 10.1 Å². The van der Waals surface area contributed by atoms with Gasteiger partial charge >= 0.3 is 6.09 Å². The molecule has 1 aromatic heterocycles. The maximum absolute atomic E-state index is 11.5. The number of nitrogens with one attached hydrogen (secondary N) is 2. The number of alkyl carbamates (subject to hydrolysis) is 1. The van der Waals surface area contributed by atoms with Gasteiger partial charge in [0.25, 0.3) is 0 Å². The van der Waals surface area contributed by atoms with E-state index in [-0.39, 0.29) is 6.54 Å². The summed E-state index contributed by atoms with van der Waals surface area (Å²) in [5.41, 5.74) is 4.73. The van der Waals surface area contributed by atoms with Crippen molar-refractivity contribution in [2.24, 2.45) is 5.73 Å². The summed E-state index contributed by atoms with van der Waals surface area (Å²) in [7, 11) is 0. The number of carbonyl (C=O) groups is 2. The third-order valence-corrected chi connectivity index (χ3v) is 3.17. The third-order valence-electron chi connectivity index (χ3n) is 2.30. The van der Waals surface area contributed by atoms with Gasteiger partial charge in [0.15, 0.2) is 0 Å². The van der Waals surface area contributed by atoms with Crippen LogP contribution in [-0.4, -0.2) is 30.2 Å². The minimum atomic E-state index is -0.635. The van der Waals surface area contributed by atoms with Crippen LogP contribution in [0, 0.1) is 0 Å². The Labute approximate surface area is 122 Å². The van der Waals surface area contributed by atoms with Crippen LogP contribution in [0.15, 0.2) is 17.5 Å². The van der Waals surface area contributed by atoms with E-state index >= 15 is 0 Å². The molecule has 1 heterocycles. The molecular formula is C13H21N3O3S. The normalized spacial score (nSPS) is 12.8. The van der Waals surface area contributed by atoms with Crippen LogP contribution < -0.4 is 16.4 Å². The van der Waals surface area contributed by atoms with Gasteiger partial charge in [0.05, 0.1) is 0 Å². The van der Waals surface area contributed by atoms with Crippen molar-refractivity contribution in [2.75, 3.05) is 6.54 Å². The van der Waals surface area contributed by atoms with Crippen LogP contribution in [0.25, 0.3) is 0 Å². The maximum Gasteiger partial charge on any atom is 0.407 e. The predicted molar refractivity (Wildman–Crippen MR) is 78.4 cm³/mol. The molecule has 0 radical (unpaired) electrons. The van der Waals surface area contributed by atoms with E-state index < -0.39 is 23.6 Å². The number of ether oxygens (including phenoxy) is 1. The summed E-state index contributed by atoms with van der Waals surface area (Å²) in [5, 5.41) is 7.49. The lowest BCUT2D eigenvalue weighted by molar-refractivity contribution is -0.119. The van der Waals surface area contributed by atoms with Crippen LogP contribution in [0.4, 0.5) is 4.79 Å². The molecule has 0 saturated carbocycles. The largest absolute Gasteiger partial charge is 0.444 e. The van der Waals surface area contributed by atoms with Crippen LogP contribution in [0.5, 0.6) is 0 Å². The van der Waals surface area contributed by atoms with E-state index in [0.717, 1.165) is 4.88 Å². The summed E-state index contributed by atoms with van der Waals surface area (Å²) < 4.78 is 5.09. The molecular weight excluding hydrogens is 278 g/mol. The number of nitrogens with two attached hydrogens (primary N) is 1. The van der Waals surface area contributed by atoms with Gasteiger partial charge in [-0.05, 0) is 32.2 Å². The third kappa shape index (κ3) is 6.53. The van der Waals surface area contributed by atoms with E-state index in [1.54, 1.807) is 32.1 Å². The van der Waals surface area contributed by atoms with Gasteiger partial charge in [0.1, 0.15) is 11.6 Å². The minimum Gasteiger partial charge on any atom is -0.444 e. The van der Waals surface area contributed by atoms with Crippen LogP contribution >= 0.6 is 11.3 Å². The first kappa shape index (κ1) is 16.5. The highest BCUT2D eigenvalue weighted by atomic mass is 32.1. The molecule has 0 spiro atoms. The summed E-state index contributed by atoms with van der Waals surface area (Å²) in [6, 6.07) is 3.25. The number of thiophene rings is 1. The first-order valence-corrected chi connectivity index (χ1v) is 7.18. The minimum absolute atomic E-state index is 0.0929. The summed E-state index contributed by atoms with van der Waals surface area (Å²) in [5.74, 6) is -0.516. The quantitative estimate of drug-likeness (QED) is 0.736. The van der Waals surface area contributed by atoms with Crippen molar-refractivity contribution in [3.8, 4) is 0 Å². The fraction of sp³-hybridized carbons (Fsp3) is 0.538. The van der Waals surface area contributed by atoms with E-state index in [1.807, 2.05) is 17.5 Å². The molecule has 1 unspecified atom stereocenters. The second-order valence-electron chi connectivity index (χ2n) is 5.30. The molecule has 7 heteroatoms. The van der Waals surface area contributed by atoms with E-state index in [2.05, 4.69) is 10.6 Å². The monoisotopic (exact) mass is 299 g/mol. The Morgan fingerprint density at radius 3 is 2.65 bits per heavy atom. The highest BCUT2D eigenvalue weighted by Gasteiger charge is 2.19. The zero-order chi connectivity index (χ0) is 15.2. The highest BCUT2D eigenvalue weighted by molar-refractivity contribution is 7.09. The average Bonchev–Trinajstić information content (AvgIpc) is 2.78. The number of carbonyl (C=O) groups excluding carboxylic acids is 2. The predicted octanol–water partition coefficient (Wildman–Crippen LogP) is 1.22. The lowest BCUT2D eigenvalue weighted by Crippen LogP contribution is -2.49. The van der Waals surface area contributed by atoms with Crippen molar-refractivity contribution in [3.05, 3.63) is 22.4 Å². The van der Waals surface area contributed by atoms with Crippen LogP contribution in [0.2, 0.25) is 0 Å². The second kappa shape index (κ2) is 7.25. The SMILES string of the molecule is CC(C)(C)OC(=O)NCC(NCc1cccs1)C(N)=O. The molecule has 0 saturated heterocycles. The van der Waals surface area contributed by atoms with Crippen LogP contribution in [0.3, 0.4) is 0 Å².